The minimum absolute atomic E-state index is 0.0570. The second-order valence-corrected chi connectivity index (χ2v) is 9.97. The largest absolute Gasteiger partial charge is 0.495 e. The van der Waals surface area contributed by atoms with E-state index in [9.17, 15) is 10.1 Å². The van der Waals surface area contributed by atoms with E-state index < -0.39 is 11.9 Å². The zero-order valence-electron chi connectivity index (χ0n) is 22.5. The molecule has 5 rings (SSSR count). The van der Waals surface area contributed by atoms with Gasteiger partial charge in [0.2, 0.25) is 5.88 Å². The summed E-state index contributed by atoms with van der Waals surface area (Å²) in [7, 11) is 3.02. The van der Waals surface area contributed by atoms with Crippen LogP contribution in [0.3, 0.4) is 0 Å². The number of fused-ring (bicyclic) bond motifs is 1. The van der Waals surface area contributed by atoms with E-state index >= 15 is 0 Å². The lowest BCUT2D eigenvalue weighted by Gasteiger charge is -2.27. The molecule has 0 saturated heterocycles. The number of nitrogens with zero attached hydrogens (tertiary/aromatic N) is 1. The lowest BCUT2D eigenvalue weighted by atomic mass is 9.83. The molecule has 8 nitrogen and oxygen atoms in total. The number of hydrogen-bond acceptors (Lipinski definition) is 8. The number of nitrogens with two attached hydrogens (primary N) is 1. The van der Waals surface area contributed by atoms with Gasteiger partial charge in [-0.3, -0.25) is 0 Å². The molecule has 212 valence electrons. The van der Waals surface area contributed by atoms with Crippen LogP contribution in [0, 0.1) is 11.3 Å². The summed E-state index contributed by atoms with van der Waals surface area (Å²) in [5.41, 5.74) is 8.85. The van der Waals surface area contributed by atoms with Gasteiger partial charge in [-0.1, -0.05) is 53.5 Å². The molecule has 0 spiro atoms. The predicted octanol–water partition coefficient (Wildman–Crippen LogP) is 7.03. The first-order chi connectivity index (χ1) is 20.3. The maximum Gasteiger partial charge on any atom is 0.343 e. The van der Waals surface area contributed by atoms with Crippen LogP contribution in [-0.4, -0.2) is 20.2 Å². The van der Waals surface area contributed by atoms with Gasteiger partial charge in [0.25, 0.3) is 0 Å². The first-order valence-electron chi connectivity index (χ1n) is 12.6. The van der Waals surface area contributed by atoms with Crippen molar-refractivity contribution in [1.29, 1.82) is 5.26 Å². The Morgan fingerprint density at radius 2 is 1.69 bits per heavy atom. The van der Waals surface area contributed by atoms with Gasteiger partial charge >= 0.3 is 5.97 Å². The number of methoxy groups -OCH3 is 2. The van der Waals surface area contributed by atoms with Crippen LogP contribution in [-0.2, 0) is 6.61 Å². The van der Waals surface area contributed by atoms with Crippen molar-refractivity contribution in [3.05, 3.63) is 123 Å². The van der Waals surface area contributed by atoms with Gasteiger partial charge in [-0.2, -0.15) is 5.26 Å². The quantitative estimate of drug-likeness (QED) is 0.169. The van der Waals surface area contributed by atoms with E-state index in [1.54, 1.807) is 48.5 Å². The first kappa shape index (κ1) is 28.7. The molecule has 1 atom stereocenters. The molecule has 1 aliphatic heterocycles. The highest BCUT2D eigenvalue weighted by molar-refractivity contribution is 6.32. The van der Waals surface area contributed by atoms with Gasteiger partial charge in [-0.15, -0.1) is 0 Å². The lowest BCUT2D eigenvalue weighted by molar-refractivity contribution is 0.0734. The van der Waals surface area contributed by atoms with Crippen LogP contribution in [0.5, 0.6) is 28.7 Å². The Morgan fingerprint density at radius 1 is 0.929 bits per heavy atom. The van der Waals surface area contributed by atoms with Crippen molar-refractivity contribution in [1.82, 2.24) is 0 Å². The average Bonchev–Trinajstić information content (AvgIpc) is 2.99. The highest BCUT2D eigenvalue weighted by Gasteiger charge is 2.32. The topological polar surface area (TPSA) is 113 Å². The second-order valence-electron chi connectivity index (χ2n) is 9.15. The van der Waals surface area contributed by atoms with E-state index in [0.29, 0.717) is 33.6 Å². The molecular weight excluding hydrogens is 579 g/mol. The van der Waals surface area contributed by atoms with Crippen LogP contribution >= 0.6 is 23.2 Å². The molecule has 42 heavy (non-hydrogen) atoms. The van der Waals surface area contributed by atoms with Crippen LogP contribution in [0.1, 0.15) is 33.0 Å². The van der Waals surface area contributed by atoms with Gasteiger partial charge < -0.3 is 29.4 Å². The van der Waals surface area contributed by atoms with Gasteiger partial charge in [-0.05, 0) is 48.0 Å². The zero-order chi connectivity index (χ0) is 29.8. The summed E-state index contributed by atoms with van der Waals surface area (Å²) in [6, 6.07) is 24.4. The number of allylic oxidation sites excluding steroid dienone is 1. The molecule has 0 saturated carbocycles. The van der Waals surface area contributed by atoms with E-state index in [-0.39, 0.29) is 34.4 Å². The molecule has 10 heteroatoms. The lowest BCUT2D eigenvalue weighted by Crippen LogP contribution is -2.21. The number of benzene rings is 4. The summed E-state index contributed by atoms with van der Waals surface area (Å²) in [5.74, 6) is 0.718. The maximum absolute atomic E-state index is 12.8. The van der Waals surface area contributed by atoms with Gasteiger partial charge in [0.05, 0.1) is 30.7 Å². The summed E-state index contributed by atoms with van der Waals surface area (Å²) in [4.78, 5) is 12.8. The summed E-state index contributed by atoms with van der Waals surface area (Å²) in [5, 5.41) is 10.8. The first-order valence-corrected chi connectivity index (χ1v) is 13.4. The number of carbonyl (C=O) groups is 1. The van der Waals surface area contributed by atoms with Crippen molar-refractivity contribution >= 4 is 29.2 Å². The second kappa shape index (κ2) is 12.4. The smallest absolute Gasteiger partial charge is 0.343 e. The van der Waals surface area contributed by atoms with Gasteiger partial charge in [0.1, 0.15) is 35.5 Å². The van der Waals surface area contributed by atoms with Crippen LogP contribution in [0.2, 0.25) is 10.0 Å². The molecule has 4 aromatic rings. The third-order valence-corrected chi connectivity index (χ3v) is 7.31. The van der Waals surface area contributed by atoms with Crippen molar-refractivity contribution in [2.24, 2.45) is 5.73 Å². The SMILES string of the molecule is COc1ccc(C(=O)Oc2ccc3c(c2)OC(N)=C(C#N)C3c2ccc(OCc3ccccc3Cl)c(OC)c2)cc1Cl. The number of hydrogen-bond donors (Lipinski definition) is 1. The fraction of sp³-hybridized carbons (Fsp3) is 0.125. The van der Waals surface area contributed by atoms with Crippen LogP contribution in [0.15, 0.2) is 90.3 Å². The van der Waals surface area contributed by atoms with Crippen LogP contribution in [0.4, 0.5) is 0 Å². The Morgan fingerprint density at radius 3 is 2.40 bits per heavy atom. The minimum Gasteiger partial charge on any atom is -0.495 e. The molecule has 1 heterocycles. The Labute approximate surface area is 252 Å². The Kier molecular flexibility index (Phi) is 8.43. The number of carbonyl (C=O) groups excluding carboxylic acids is 1. The van der Waals surface area contributed by atoms with Crippen molar-refractivity contribution < 1.29 is 28.5 Å². The van der Waals surface area contributed by atoms with Crippen molar-refractivity contribution in [2.45, 2.75) is 12.5 Å². The van der Waals surface area contributed by atoms with Gasteiger partial charge in [0.15, 0.2) is 11.5 Å². The highest BCUT2D eigenvalue weighted by Crippen LogP contribution is 2.45. The summed E-state index contributed by atoms with van der Waals surface area (Å²) in [6.45, 7) is 0.246. The third-order valence-electron chi connectivity index (χ3n) is 6.65. The monoisotopic (exact) mass is 602 g/mol. The number of rotatable bonds is 8. The van der Waals surface area contributed by atoms with E-state index in [0.717, 1.165) is 11.1 Å². The minimum atomic E-state index is -0.620. The van der Waals surface area contributed by atoms with Gasteiger partial charge in [0, 0.05) is 22.2 Å². The molecule has 0 fully saturated rings. The standard InChI is InChI=1S/C32H24Cl2N2O6/c1-38-26-11-8-19(13-25(26)34)32(37)41-21-9-10-22-28(15-21)42-31(36)23(16-35)30(22)18-7-12-27(29(14-18)39-2)40-17-20-5-3-4-6-24(20)33/h3-15,30H,17,36H2,1-2H3. The van der Waals surface area contributed by atoms with Crippen molar-refractivity contribution in [3.8, 4) is 34.8 Å². The summed E-state index contributed by atoms with van der Waals surface area (Å²) in [6.07, 6.45) is 0. The van der Waals surface area contributed by atoms with Gasteiger partial charge in [-0.25, -0.2) is 4.79 Å². The number of ether oxygens (including phenoxy) is 5. The molecule has 0 aliphatic carbocycles. The molecule has 1 unspecified atom stereocenters. The number of halogens is 2. The molecule has 1 aliphatic rings. The van der Waals surface area contributed by atoms with E-state index in [4.69, 9.17) is 52.6 Å². The Balaban J connectivity index is 1.43. The zero-order valence-corrected chi connectivity index (χ0v) is 24.0. The summed E-state index contributed by atoms with van der Waals surface area (Å²) < 4.78 is 28.1. The molecule has 0 bridgehead atoms. The Hall–Kier alpha value is -4.84. The average molecular weight is 603 g/mol. The fourth-order valence-corrected chi connectivity index (χ4v) is 5.00. The summed E-state index contributed by atoms with van der Waals surface area (Å²) >= 11 is 12.4. The molecule has 0 aromatic heterocycles. The molecule has 0 amide bonds. The molecule has 0 radical (unpaired) electrons. The number of esters is 1. The molecule has 2 N–H and O–H groups in total. The van der Waals surface area contributed by atoms with Crippen LogP contribution < -0.4 is 29.4 Å². The molecular formula is C32H24Cl2N2O6. The maximum atomic E-state index is 12.8. The van der Waals surface area contributed by atoms with E-state index in [1.807, 2.05) is 24.3 Å². The third kappa shape index (κ3) is 5.79. The normalized spacial score (nSPS) is 13.8. The Bertz CT molecular complexity index is 1750. The van der Waals surface area contributed by atoms with Crippen molar-refractivity contribution in [3.63, 3.8) is 0 Å². The molecule has 4 aromatic carbocycles. The van der Waals surface area contributed by atoms with Crippen molar-refractivity contribution in [2.75, 3.05) is 14.2 Å². The predicted molar refractivity (Wildman–Crippen MR) is 157 cm³/mol. The van der Waals surface area contributed by atoms with Crippen LogP contribution in [0.25, 0.3) is 0 Å². The highest BCUT2D eigenvalue weighted by atomic mass is 35.5. The fourth-order valence-electron chi connectivity index (χ4n) is 4.56. The van der Waals surface area contributed by atoms with E-state index in [1.165, 1.54) is 20.3 Å². The number of nitriles is 1. The van der Waals surface area contributed by atoms with E-state index in [2.05, 4.69) is 6.07 Å².